The predicted molar refractivity (Wildman–Crippen MR) is 152 cm³/mol. The first-order valence-electron chi connectivity index (χ1n) is 12.9. The highest BCUT2D eigenvalue weighted by Gasteiger charge is 2.36. The topological polar surface area (TPSA) is 73.1 Å². The van der Waals surface area contributed by atoms with Gasteiger partial charge in [0.05, 0.1) is 30.0 Å². The average Bonchev–Trinajstić information content (AvgIpc) is 3.22. The smallest absolute Gasteiger partial charge is 0.271 e. The first kappa shape index (κ1) is 27.4. The molecule has 0 saturated carbocycles. The molecule has 8 heteroatoms. The molecule has 3 aromatic rings. The molecule has 1 atom stereocenters. The third-order valence-electron chi connectivity index (χ3n) is 6.94. The third-order valence-corrected chi connectivity index (χ3v) is 7.92. The maximum absolute atomic E-state index is 14.0. The summed E-state index contributed by atoms with van der Waals surface area (Å²) in [6, 6.07) is 12.9. The molecule has 0 unspecified atom stereocenters. The van der Waals surface area contributed by atoms with Crippen LogP contribution in [0.2, 0.25) is 0 Å². The number of fused-ring (bicyclic) bond motifs is 1. The van der Waals surface area contributed by atoms with Crippen molar-refractivity contribution in [1.82, 2.24) is 9.47 Å². The standard InChI is InChI=1S/C30H35N3O4S/c1-8-32(9-2)29(35)26-19(5)31-30-33(27(26)23-17-22(36-6)14-15-24(23)37-7)28(34)25(38-30)16-20-10-12-21(13-11-20)18(3)4/h10-18,27H,8-9H2,1-7H3/b25-16+/t27-/m1/s1. The van der Waals surface area contributed by atoms with Crippen LogP contribution in [0, 0.1) is 0 Å². The SMILES string of the molecule is CCN(CC)C(=O)C1=C(C)N=c2s/c(=C/c3ccc(C(C)C)cc3)c(=O)n2[C@@H]1c1cc(OC)ccc1OC. The Labute approximate surface area is 227 Å². The Morgan fingerprint density at radius 1 is 1.11 bits per heavy atom. The van der Waals surface area contributed by atoms with Gasteiger partial charge in [0.25, 0.3) is 11.5 Å². The van der Waals surface area contributed by atoms with Gasteiger partial charge in [0.1, 0.15) is 17.5 Å². The van der Waals surface area contributed by atoms with Crippen molar-refractivity contribution < 1.29 is 14.3 Å². The zero-order valence-corrected chi connectivity index (χ0v) is 23.9. The van der Waals surface area contributed by atoms with E-state index in [1.165, 1.54) is 16.9 Å². The summed E-state index contributed by atoms with van der Waals surface area (Å²) >= 11 is 1.32. The quantitative estimate of drug-likeness (QED) is 0.434. The van der Waals surface area contributed by atoms with E-state index in [-0.39, 0.29) is 11.5 Å². The minimum Gasteiger partial charge on any atom is -0.497 e. The molecule has 0 bridgehead atoms. The number of allylic oxidation sites excluding steroid dienone is 1. The van der Waals surface area contributed by atoms with Gasteiger partial charge in [-0.25, -0.2) is 4.99 Å². The normalized spacial score (nSPS) is 15.4. The average molecular weight is 534 g/mol. The van der Waals surface area contributed by atoms with Gasteiger partial charge in [-0.05, 0) is 62.1 Å². The maximum atomic E-state index is 14.0. The summed E-state index contributed by atoms with van der Waals surface area (Å²) in [5.41, 5.74) is 3.69. The second kappa shape index (κ2) is 11.4. The lowest BCUT2D eigenvalue weighted by molar-refractivity contribution is -0.127. The summed E-state index contributed by atoms with van der Waals surface area (Å²) < 4.78 is 13.4. The van der Waals surface area contributed by atoms with Gasteiger partial charge in [0, 0.05) is 18.7 Å². The minimum atomic E-state index is -0.713. The summed E-state index contributed by atoms with van der Waals surface area (Å²) in [5.74, 6) is 1.45. The van der Waals surface area contributed by atoms with Crippen LogP contribution in [0.15, 0.2) is 63.5 Å². The molecule has 0 spiro atoms. The Kier molecular flexibility index (Phi) is 8.21. The number of carbonyl (C=O) groups is 1. The number of methoxy groups -OCH3 is 2. The Hall–Kier alpha value is -3.65. The van der Waals surface area contributed by atoms with Crippen LogP contribution in [-0.2, 0) is 4.79 Å². The van der Waals surface area contributed by atoms with Crippen molar-refractivity contribution >= 4 is 23.3 Å². The van der Waals surface area contributed by atoms with Crippen LogP contribution in [0.25, 0.3) is 6.08 Å². The number of amides is 1. The molecule has 2 aromatic carbocycles. The molecule has 0 fully saturated rings. The number of nitrogens with zero attached hydrogens (tertiary/aromatic N) is 3. The molecule has 2 heterocycles. The van der Waals surface area contributed by atoms with Crippen LogP contribution in [0.3, 0.4) is 0 Å². The lowest BCUT2D eigenvalue weighted by Gasteiger charge is -2.30. The number of carbonyl (C=O) groups excluding carboxylic acids is 1. The molecule has 0 aliphatic carbocycles. The largest absolute Gasteiger partial charge is 0.497 e. The molecule has 0 N–H and O–H groups in total. The lowest BCUT2D eigenvalue weighted by atomic mass is 9.93. The molecule has 0 saturated heterocycles. The van der Waals surface area contributed by atoms with E-state index in [4.69, 9.17) is 14.5 Å². The van der Waals surface area contributed by atoms with Gasteiger partial charge in [-0.1, -0.05) is 49.4 Å². The highest BCUT2D eigenvalue weighted by atomic mass is 32.1. The summed E-state index contributed by atoms with van der Waals surface area (Å²) in [6.45, 7) is 11.1. The van der Waals surface area contributed by atoms with Crippen molar-refractivity contribution in [3.05, 3.63) is 90.1 Å². The maximum Gasteiger partial charge on any atom is 0.271 e. The number of ether oxygens (including phenoxy) is 2. The molecule has 200 valence electrons. The number of hydrogen-bond donors (Lipinski definition) is 0. The van der Waals surface area contributed by atoms with Crippen molar-refractivity contribution in [3.8, 4) is 11.5 Å². The number of hydrogen-bond acceptors (Lipinski definition) is 6. The molecule has 7 nitrogen and oxygen atoms in total. The van der Waals surface area contributed by atoms with E-state index in [1.54, 1.807) is 35.8 Å². The molecule has 1 aliphatic rings. The monoisotopic (exact) mass is 533 g/mol. The number of aromatic nitrogens is 1. The predicted octanol–water partition coefficient (Wildman–Crippen LogP) is 4.24. The second-order valence-electron chi connectivity index (χ2n) is 9.49. The van der Waals surface area contributed by atoms with Gasteiger partial charge < -0.3 is 14.4 Å². The number of likely N-dealkylation sites (N-methyl/N-ethyl adjacent to an activating group) is 1. The first-order chi connectivity index (χ1) is 18.2. The highest BCUT2D eigenvalue weighted by Crippen LogP contribution is 2.38. The van der Waals surface area contributed by atoms with E-state index in [0.717, 1.165) is 5.56 Å². The van der Waals surface area contributed by atoms with E-state index in [1.807, 2.05) is 45.0 Å². The van der Waals surface area contributed by atoms with Gasteiger partial charge in [0.2, 0.25) is 0 Å². The minimum absolute atomic E-state index is 0.148. The molecule has 0 radical (unpaired) electrons. The fourth-order valence-electron chi connectivity index (χ4n) is 4.75. The van der Waals surface area contributed by atoms with E-state index in [2.05, 4.69) is 26.0 Å². The van der Waals surface area contributed by atoms with Crippen LogP contribution in [0.1, 0.15) is 63.3 Å². The molecule has 1 aromatic heterocycles. The number of benzene rings is 2. The van der Waals surface area contributed by atoms with Crippen molar-refractivity contribution in [1.29, 1.82) is 0 Å². The zero-order chi connectivity index (χ0) is 27.6. The van der Waals surface area contributed by atoms with Crippen LogP contribution in [0.5, 0.6) is 11.5 Å². The molecule has 1 amide bonds. The Bertz CT molecular complexity index is 1540. The van der Waals surface area contributed by atoms with E-state index in [0.29, 0.717) is 56.7 Å². The molecule has 1 aliphatic heterocycles. The van der Waals surface area contributed by atoms with Gasteiger partial charge in [-0.15, -0.1) is 0 Å². The van der Waals surface area contributed by atoms with E-state index < -0.39 is 6.04 Å². The van der Waals surface area contributed by atoms with Crippen LogP contribution >= 0.6 is 11.3 Å². The van der Waals surface area contributed by atoms with E-state index in [9.17, 15) is 9.59 Å². The fraction of sp³-hybridized carbons (Fsp3) is 0.367. The van der Waals surface area contributed by atoms with Gasteiger partial charge in [-0.3, -0.25) is 14.2 Å². The van der Waals surface area contributed by atoms with E-state index >= 15 is 0 Å². The van der Waals surface area contributed by atoms with Crippen molar-refractivity contribution in [2.75, 3.05) is 27.3 Å². The van der Waals surface area contributed by atoms with Crippen molar-refractivity contribution in [3.63, 3.8) is 0 Å². The van der Waals surface area contributed by atoms with Crippen molar-refractivity contribution in [2.45, 2.75) is 46.6 Å². The molecular weight excluding hydrogens is 498 g/mol. The van der Waals surface area contributed by atoms with Crippen LogP contribution < -0.4 is 24.4 Å². The van der Waals surface area contributed by atoms with Gasteiger partial charge in [-0.2, -0.15) is 0 Å². The third kappa shape index (κ3) is 5.05. The lowest BCUT2D eigenvalue weighted by Crippen LogP contribution is -2.43. The zero-order valence-electron chi connectivity index (χ0n) is 23.1. The summed E-state index contributed by atoms with van der Waals surface area (Å²) in [7, 11) is 3.17. The van der Waals surface area contributed by atoms with Crippen LogP contribution in [-0.4, -0.2) is 42.7 Å². The number of rotatable bonds is 8. The summed E-state index contributed by atoms with van der Waals surface area (Å²) in [4.78, 5) is 34.9. The first-order valence-corrected chi connectivity index (χ1v) is 13.7. The Morgan fingerprint density at radius 2 is 1.79 bits per heavy atom. The summed E-state index contributed by atoms with van der Waals surface area (Å²) in [6.07, 6.45) is 1.89. The number of thiazole rings is 1. The Balaban J connectivity index is 1.98. The second-order valence-corrected chi connectivity index (χ2v) is 10.5. The Morgan fingerprint density at radius 3 is 2.37 bits per heavy atom. The fourth-order valence-corrected chi connectivity index (χ4v) is 5.80. The summed E-state index contributed by atoms with van der Waals surface area (Å²) in [5, 5.41) is 0. The highest BCUT2D eigenvalue weighted by molar-refractivity contribution is 7.07. The van der Waals surface area contributed by atoms with Crippen molar-refractivity contribution in [2.24, 2.45) is 4.99 Å². The van der Waals surface area contributed by atoms with Gasteiger partial charge in [0.15, 0.2) is 4.80 Å². The molecular formula is C30H35N3O4S. The molecule has 38 heavy (non-hydrogen) atoms. The van der Waals surface area contributed by atoms with Gasteiger partial charge >= 0.3 is 0 Å². The van der Waals surface area contributed by atoms with Crippen LogP contribution in [0.4, 0.5) is 0 Å². The molecule has 4 rings (SSSR count).